The van der Waals surface area contributed by atoms with Crippen molar-refractivity contribution in [1.82, 2.24) is 9.78 Å². The number of methoxy groups -OCH3 is 1. The molecule has 0 saturated carbocycles. The number of nitrogens with one attached hydrogen (secondary N) is 1. The van der Waals surface area contributed by atoms with E-state index >= 15 is 0 Å². The number of halogens is 1. The minimum Gasteiger partial charge on any atom is -0.496 e. The van der Waals surface area contributed by atoms with E-state index in [0.29, 0.717) is 21.3 Å². The molecule has 1 aromatic heterocycles. The van der Waals surface area contributed by atoms with Crippen LogP contribution in [0.4, 0.5) is 0 Å². The zero-order valence-electron chi connectivity index (χ0n) is 14.7. The van der Waals surface area contributed by atoms with Gasteiger partial charge in [0.2, 0.25) is 0 Å². The molecule has 0 aliphatic heterocycles. The van der Waals surface area contributed by atoms with E-state index in [1.54, 1.807) is 31.4 Å². The molecule has 0 fully saturated rings. The van der Waals surface area contributed by atoms with Gasteiger partial charge >= 0.3 is 0 Å². The number of hydrogen-bond acceptors (Lipinski definition) is 2. The lowest BCUT2D eigenvalue weighted by Crippen LogP contribution is -2.34. The van der Waals surface area contributed by atoms with E-state index < -0.39 is 0 Å². The molecule has 0 atom stereocenters. The molecule has 134 valence electrons. The molecule has 27 heavy (non-hydrogen) atoms. The minimum absolute atomic E-state index is 0.183. The Kier molecular flexibility index (Phi) is 4.34. The van der Waals surface area contributed by atoms with Crippen LogP contribution < -0.4 is 20.9 Å². The fourth-order valence-corrected chi connectivity index (χ4v) is 3.30. The van der Waals surface area contributed by atoms with Crippen molar-refractivity contribution in [2.45, 2.75) is 0 Å². The number of ether oxygens (including phenoxy) is 1. The van der Waals surface area contributed by atoms with Crippen molar-refractivity contribution in [3.63, 3.8) is 0 Å². The lowest BCUT2D eigenvalue weighted by Gasteiger charge is -2.04. The molecule has 0 spiro atoms. The standard InChI is InChI=1S/C22H17ClN2O2/c1-14-20(13-17-11-18(23)8-10-21(17)27-2)22(26)25(24-14)19-9-7-15-5-3-4-6-16(15)12-19/h3-13,24H,1H2,2H3/b20-13-. The van der Waals surface area contributed by atoms with Gasteiger partial charge in [-0.05, 0) is 47.2 Å². The molecule has 1 N–H and O–H groups in total. The fraction of sp³-hybridized carbons (Fsp3) is 0.0455. The third-order valence-electron chi connectivity index (χ3n) is 4.49. The molecule has 4 nitrogen and oxygen atoms in total. The number of rotatable bonds is 3. The van der Waals surface area contributed by atoms with Crippen LogP contribution >= 0.6 is 11.6 Å². The molecule has 0 radical (unpaired) electrons. The number of hydrogen-bond donors (Lipinski definition) is 1. The molecule has 3 aromatic carbocycles. The molecule has 4 rings (SSSR count). The number of aromatic nitrogens is 2. The van der Waals surface area contributed by atoms with Crippen molar-refractivity contribution in [2.75, 3.05) is 7.11 Å². The number of fused-ring (bicyclic) bond motifs is 1. The molecule has 0 saturated heterocycles. The lowest BCUT2D eigenvalue weighted by atomic mass is 10.1. The van der Waals surface area contributed by atoms with Gasteiger partial charge < -0.3 is 4.74 Å². The Labute approximate surface area is 160 Å². The first-order valence-electron chi connectivity index (χ1n) is 8.41. The maximum atomic E-state index is 13.0. The zero-order chi connectivity index (χ0) is 19.0. The van der Waals surface area contributed by atoms with E-state index in [1.165, 1.54) is 4.68 Å². The van der Waals surface area contributed by atoms with Gasteiger partial charge in [0.15, 0.2) is 0 Å². The first-order chi connectivity index (χ1) is 13.1. The summed E-state index contributed by atoms with van der Waals surface area (Å²) in [7, 11) is 1.58. The summed E-state index contributed by atoms with van der Waals surface area (Å²) < 4.78 is 6.86. The van der Waals surface area contributed by atoms with Crippen molar-refractivity contribution in [2.24, 2.45) is 0 Å². The third-order valence-corrected chi connectivity index (χ3v) is 4.72. The molecule has 0 unspecified atom stereocenters. The topological polar surface area (TPSA) is 47.0 Å². The van der Waals surface area contributed by atoms with Crippen LogP contribution in [0.15, 0.2) is 65.5 Å². The van der Waals surface area contributed by atoms with E-state index in [-0.39, 0.29) is 5.56 Å². The third kappa shape index (κ3) is 3.15. The van der Waals surface area contributed by atoms with E-state index in [2.05, 4.69) is 11.7 Å². The molecule has 5 heteroatoms. The van der Waals surface area contributed by atoms with Crippen molar-refractivity contribution in [3.8, 4) is 11.4 Å². The van der Waals surface area contributed by atoms with Gasteiger partial charge in [0.05, 0.1) is 23.4 Å². The van der Waals surface area contributed by atoms with Crippen molar-refractivity contribution >= 4 is 35.0 Å². The van der Waals surface area contributed by atoms with Crippen LogP contribution in [0.5, 0.6) is 5.75 Å². The largest absolute Gasteiger partial charge is 0.496 e. The minimum atomic E-state index is -0.183. The molecular weight excluding hydrogens is 360 g/mol. The monoisotopic (exact) mass is 376 g/mol. The Morgan fingerprint density at radius 3 is 2.63 bits per heavy atom. The van der Waals surface area contributed by atoms with Crippen LogP contribution in [-0.2, 0) is 0 Å². The summed E-state index contributed by atoms with van der Waals surface area (Å²) in [5, 5.41) is 6.78. The highest BCUT2D eigenvalue weighted by Crippen LogP contribution is 2.23. The summed E-state index contributed by atoms with van der Waals surface area (Å²) in [4.78, 5) is 13.0. The average Bonchev–Trinajstić information content (AvgIpc) is 2.96. The molecular formula is C22H17ClN2O2. The number of H-pyrrole nitrogens is 1. The smallest absolute Gasteiger partial charge is 0.279 e. The highest BCUT2D eigenvalue weighted by atomic mass is 35.5. The quantitative estimate of drug-likeness (QED) is 0.596. The summed E-state index contributed by atoms with van der Waals surface area (Å²) in [6.45, 7) is 3.98. The summed E-state index contributed by atoms with van der Waals surface area (Å²) >= 11 is 6.09. The molecule has 4 aromatic rings. The van der Waals surface area contributed by atoms with E-state index in [4.69, 9.17) is 16.3 Å². The van der Waals surface area contributed by atoms with E-state index in [9.17, 15) is 4.79 Å². The Balaban J connectivity index is 1.91. The highest BCUT2D eigenvalue weighted by Gasteiger charge is 2.08. The summed E-state index contributed by atoms with van der Waals surface area (Å²) in [6, 6.07) is 19.1. The fourth-order valence-electron chi connectivity index (χ4n) is 3.12. The van der Waals surface area contributed by atoms with E-state index in [0.717, 1.165) is 22.0 Å². The molecule has 0 aliphatic carbocycles. The first-order valence-corrected chi connectivity index (χ1v) is 8.79. The lowest BCUT2D eigenvalue weighted by molar-refractivity contribution is 0.414. The Bertz CT molecular complexity index is 1320. The second-order valence-corrected chi connectivity index (χ2v) is 6.64. The molecule has 0 amide bonds. The second-order valence-electron chi connectivity index (χ2n) is 6.21. The normalized spacial score (nSPS) is 11.9. The molecule has 0 bridgehead atoms. The van der Waals surface area contributed by atoms with Gasteiger partial charge in [-0.15, -0.1) is 0 Å². The second kappa shape index (κ2) is 6.82. The Morgan fingerprint density at radius 2 is 1.85 bits per heavy atom. The van der Waals surface area contributed by atoms with Gasteiger partial charge in [-0.3, -0.25) is 9.89 Å². The number of benzene rings is 3. The van der Waals surface area contributed by atoms with Crippen LogP contribution in [-0.4, -0.2) is 16.9 Å². The van der Waals surface area contributed by atoms with Gasteiger partial charge in [0, 0.05) is 10.6 Å². The van der Waals surface area contributed by atoms with Gasteiger partial charge in [0.25, 0.3) is 5.56 Å². The summed E-state index contributed by atoms with van der Waals surface area (Å²) in [6.07, 6.45) is 1.74. The zero-order valence-corrected chi connectivity index (χ0v) is 15.5. The predicted octanol–water partition coefficient (Wildman–Crippen LogP) is 3.22. The van der Waals surface area contributed by atoms with Gasteiger partial charge in [-0.25, -0.2) is 4.68 Å². The van der Waals surface area contributed by atoms with Crippen LogP contribution in [0.3, 0.4) is 0 Å². The predicted molar refractivity (Wildman–Crippen MR) is 110 cm³/mol. The van der Waals surface area contributed by atoms with Crippen molar-refractivity contribution in [3.05, 3.63) is 92.2 Å². The van der Waals surface area contributed by atoms with Gasteiger partial charge in [-0.2, -0.15) is 0 Å². The SMILES string of the molecule is C=c1[nH]n(-c2ccc3ccccc3c2)c(=O)/c1=C\c1cc(Cl)ccc1OC. The van der Waals surface area contributed by atoms with Crippen LogP contribution in [0.2, 0.25) is 5.02 Å². The maximum absolute atomic E-state index is 13.0. The Morgan fingerprint density at radius 1 is 1.07 bits per heavy atom. The van der Waals surface area contributed by atoms with Crippen LogP contribution in [0.25, 0.3) is 29.1 Å². The first kappa shape index (κ1) is 17.2. The summed E-state index contributed by atoms with van der Waals surface area (Å²) in [5.74, 6) is 0.636. The number of aromatic amines is 1. The van der Waals surface area contributed by atoms with Crippen LogP contribution in [0.1, 0.15) is 5.56 Å². The van der Waals surface area contributed by atoms with Crippen LogP contribution in [0, 0.1) is 0 Å². The highest BCUT2D eigenvalue weighted by molar-refractivity contribution is 6.30. The molecule has 0 aliphatic rings. The number of nitrogens with zero attached hydrogens (tertiary/aromatic N) is 1. The summed E-state index contributed by atoms with van der Waals surface area (Å²) in [5.41, 5.74) is 1.29. The van der Waals surface area contributed by atoms with Crippen molar-refractivity contribution < 1.29 is 4.74 Å². The molecule has 1 heterocycles. The average molecular weight is 377 g/mol. The van der Waals surface area contributed by atoms with Crippen molar-refractivity contribution in [1.29, 1.82) is 0 Å². The maximum Gasteiger partial charge on any atom is 0.279 e. The van der Waals surface area contributed by atoms with Gasteiger partial charge in [-0.1, -0.05) is 48.5 Å². The van der Waals surface area contributed by atoms with Gasteiger partial charge in [0.1, 0.15) is 5.75 Å². The van der Waals surface area contributed by atoms with E-state index in [1.807, 2.05) is 42.5 Å². The Hall–Kier alpha value is -3.24.